The number of rotatable bonds is 2. The zero-order valence-corrected chi connectivity index (χ0v) is 9.64. The summed E-state index contributed by atoms with van der Waals surface area (Å²) in [6, 6.07) is 6.56. The van der Waals surface area contributed by atoms with Crippen molar-refractivity contribution < 1.29 is 4.42 Å². The number of nitrogens with zero attached hydrogens (tertiary/aromatic N) is 3. The van der Waals surface area contributed by atoms with E-state index in [1.807, 2.05) is 0 Å². The van der Waals surface area contributed by atoms with Crippen LogP contribution in [0.25, 0.3) is 21.4 Å². The smallest absolute Gasteiger partial charge is 0.192 e. The highest BCUT2D eigenvalue weighted by Crippen LogP contribution is 2.22. The lowest BCUT2D eigenvalue weighted by molar-refractivity contribution is 0.537. The molecule has 5 nitrogen and oxygen atoms in total. The predicted octanol–water partition coefficient (Wildman–Crippen LogP) is 3.37. The highest BCUT2D eigenvalue weighted by Gasteiger charge is 2.06. The van der Waals surface area contributed by atoms with Crippen molar-refractivity contribution >= 4 is 26.9 Å². The topological polar surface area (TPSA) is 79.0 Å². The van der Waals surface area contributed by atoms with Gasteiger partial charge in [-0.15, -0.1) is 0 Å². The zero-order chi connectivity index (χ0) is 11.5. The number of para-hydroxylation sites is 1. The summed E-state index contributed by atoms with van der Waals surface area (Å²) in [5, 5.41) is 3.85. The predicted molar refractivity (Wildman–Crippen MR) is 63.0 cm³/mol. The Labute approximate surface area is 98.4 Å². The van der Waals surface area contributed by atoms with Gasteiger partial charge in [0.05, 0.1) is 16.4 Å². The number of hydrogen-bond donors (Lipinski definition) is 0. The maximum atomic E-state index is 11.7. The van der Waals surface area contributed by atoms with Gasteiger partial charge in [-0.05, 0) is 33.6 Å². The fourth-order valence-electron chi connectivity index (χ4n) is 1.37. The van der Waals surface area contributed by atoms with Gasteiger partial charge in [0.2, 0.25) is 0 Å². The first-order valence-corrected chi connectivity index (χ1v) is 5.24. The molecule has 0 unspecified atom stereocenters. The second-order valence-corrected chi connectivity index (χ2v) is 3.94. The summed E-state index contributed by atoms with van der Waals surface area (Å²) in [6.45, 7) is 0.0308. The molecule has 0 saturated carbocycles. The zero-order valence-electron chi connectivity index (χ0n) is 8.05. The van der Waals surface area contributed by atoms with E-state index in [-0.39, 0.29) is 12.0 Å². The molecule has 0 N–H and O–H groups in total. The van der Waals surface area contributed by atoms with Gasteiger partial charge >= 0.3 is 0 Å². The third-order valence-electron chi connectivity index (χ3n) is 2.05. The van der Waals surface area contributed by atoms with E-state index in [9.17, 15) is 4.79 Å². The number of benzene rings is 1. The molecule has 1 aromatic heterocycles. The van der Waals surface area contributed by atoms with Crippen LogP contribution >= 0.6 is 15.9 Å². The van der Waals surface area contributed by atoms with Gasteiger partial charge in [-0.1, -0.05) is 11.2 Å². The minimum atomic E-state index is -0.148. The third-order valence-corrected chi connectivity index (χ3v) is 2.67. The van der Waals surface area contributed by atoms with Gasteiger partial charge in [-0.2, -0.15) is 0 Å². The van der Waals surface area contributed by atoms with Crippen molar-refractivity contribution in [2.75, 3.05) is 0 Å². The SMILES string of the molecule is [N-]=[N+]=NCc1cc(=O)c2cccc(Br)c2o1. The minimum absolute atomic E-state index is 0.0308. The number of azide groups is 1. The Bertz CT molecular complexity index is 644. The lowest BCUT2D eigenvalue weighted by Gasteiger charge is -2.01. The summed E-state index contributed by atoms with van der Waals surface area (Å²) < 4.78 is 6.16. The number of hydrogen-bond acceptors (Lipinski definition) is 3. The first-order chi connectivity index (χ1) is 7.72. The monoisotopic (exact) mass is 279 g/mol. The molecule has 0 saturated heterocycles. The Morgan fingerprint density at radius 3 is 3.06 bits per heavy atom. The Hall–Kier alpha value is -1.78. The van der Waals surface area contributed by atoms with Crippen molar-refractivity contribution in [3.05, 3.63) is 55.2 Å². The fraction of sp³-hybridized carbons (Fsp3) is 0.100. The minimum Gasteiger partial charge on any atom is -0.459 e. The van der Waals surface area contributed by atoms with Gasteiger partial charge < -0.3 is 4.42 Å². The van der Waals surface area contributed by atoms with Crippen LogP contribution in [0.2, 0.25) is 0 Å². The van der Waals surface area contributed by atoms with Crippen LogP contribution in [-0.2, 0) is 6.54 Å². The molecule has 6 heteroatoms. The van der Waals surface area contributed by atoms with Crippen LogP contribution in [0.15, 0.2) is 43.1 Å². The molecule has 0 fully saturated rings. The second-order valence-electron chi connectivity index (χ2n) is 3.08. The van der Waals surface area contributed by atoms with Gasteiger partial charge in [0.15, 0.2) is 11.0 Å². The summed E-state index contributed by atoms with van der Waals surface area (Å²) in [7, 11) is 0. The molecular formula is C10H6BrN3O2. The maximum absolute atomic E-state index is 11.7. The molecular weight excluding hydrogens is 274 g/mol. The van der Waals surface area contributed by atoms with E-state index >= 15 is 0 Å². The Balaban J connectivity index is 2.70. The van der Waals surface area contributed by atoms with Gasteiger partial charge in [0.25, 0.3) is 0 Å². The number of halogens is 1. The molecule has 0 aliphatic heterocycles. The van der Waals surface area contributed by atoms with Crippen molar-refractivity contribution in [1.29, 1.82) is 0 Å². The lowest BCUT2D eigenvalue weighted by Crippen LogP contribution is -2.01. The fourth-order valence-corrected chi connectivity index (χ4v) is 1.82. The van der Waals surface area contributed by atoms with Crippen LogP contribution in [0.3, 0.4) is 0 Å². The average Bonchev–Trinajstić information content (AvgIpc) is 2.28. The summed E-state index contributed by atoms with van der Waals surface area (Å²) in [4.78, 5) is 14.3. The largest absolute Gasteiger partial charge is 0.459 e. The van der Waals surface area contributed by atoms with Crippen LogP contribution in [0, 0.1) is 0 Å². The molecule has 1 heterocycles. The molecule has 0 atom stereocenters. The van der Waals surface area contributed by atoms with Crippen molar-refractivity contribution in [3.63, 3.8) is 0 Å². The van der Waals surface area contributed by atoms with E-state index in [4.69, 9.17) is 9.95 Å². The lowest BCUT2D eigenvalue weighted by atomic mass is 10.2. The van der Waals surface area contributed by atoms with Crippen molar-refractivity contribution in [1.82, 2.24) is 0 Å². The quantitative estimate of drug-likeness (QED) is 0.480. The highest BCUT2D eigenvalue weighted by atomic mass is 79.9. The van der Waals surface area contributed by atoms with E-state index in [0.717, 1.165) is 0 Å². The average molecular weight is 280 g/mol. The van der Waals surface area contributed by atoms with Crippen LogP contribution in [0.5, 0.6) is 0 Å². The molecule has 0 aliphatic rings. The van der Waals surface area contributed by atoms with E-state index in [1.165, 1.54) is 6.07 Å². The highest BCUT2D eigenvalue weighted by molar-refractivity contribution is 9.10. The van der Waals surface area contributed by atoms with Crippen LogP contribution in [-0.4, -0.2) is 0 Å². The third kappa shape index (κ3) is 1.93. The van der Waals surface area contributed by atoms with Crippen molar-refractivity contribution in [2.24, 2.45) is 5.11 Å². The molecule has 0 spiro atoms. The molecule has 0 aliphatic carbocycles. The first kappa shape index (κ1) is 10.7. The van der Waals surface area contributed by atoms with Gasteiger partial charge in [-0.3, -0.25) is 4.79 Å². The first-order valence-electron chi connectivity index (χ1n) is 4.44. The summed E-state index contributed by atoms with van der Waals surface area (Å²) >= 11 is 3.30. The number of fused-ring (bicyclic) bond motifs is 1. The van der Waals surface area contributed by atoms with Gasteiger partial charge in [0.1, 0.15) is 5.76 Å². The summed E-state index contributed by atoms with van der Waals surface area (Å²) in [6.07, 6.45) is 0. The second kappa shape index (κ2) is 4.38. The molecule has 0 radical (unpaired) electrons. The Morgan fingerprint density at radius 2 is 2.31 bits per heavy atom. The van der Waals surface area contributed by atoms with E-state index < -0.39 is 0 Å². The molecule has 0 amide bonds. The maximum Gasteiger partial charge on any atom is 0.192 e. The Kier molecular flexibility index (Phi) is 2.94. The standard InChI is InChI=1S/C10H6BrN3O2/c11-8-3-1-2-7-9(15)4-6(5-13-14-12)16-10(7)8/h1-4H,5H2. The molecule has 1 aromatic carbocycles. The summed E-state index contributed by atoms with van der Waals surface area (Å²) in [5.74, 6) is 0.349. The molecule has 2 aromatic rings. The van der Waals surface area contributed by atoms with E-state index in [0.29, 0.717) is 21.2 Å². The Morgan fingerprint density at radius 1 is 1.50 bits per heavy atom. The van der Waals surface area contributed by atoms with Crippen molar-refractivity contribution in [2.45, 2.75) is 6.54 Å². The van der Waals surface area contributed by atoms with Gasteiger partial charge in [-0.25, -0.2) is 0 Å². The molecule has 80 valence electrons. The van der Waals surface area contributed by atoms with Crippen LogP contribution in [0.4, 0.5) is 0 Å². The molecule has 0 bridgehead atoms. The van der Waals surface area contributed by atoms with Crippen LogP contribution < -0.4 is 5.43 Å². The van der Waals surface area contributed by atoms with E-state index in [1.54, 1.807) is 18.2 Å². The van der Waals surface area contributed by atoms with E-state index in [2.05, 4.69) is 26.0 Å². The summed E-state index contributed by atoms with van der Waals surface area (Å²) in [5.41, 5.74) is 8.52. The van der Waals surface area contributed by atoms with Gasteiger partial charge in [0, 0.05) is 11.0 Å². The molecule has 2 rings (SSSR count). The molecule has 16 heavy (non-hydrogen) atoms. The van der Waals surface area contributed by atoms with Crippen LogP contribution in [0.1, 0.15) is 5.76 Å². The van der Waals surface area contributed by atoms with Crippen molar-refractivity contribution in [3.8, 4) is 0 Å². The normalized spacial score (nSPS) is 10.1.